The highest BCUT2D eigenvalue weighted by atomic mass is 16.5. The summed E-state index contributed by atoms with van der Waals surface area (Å²) in [6, 6.07) is 2.09. The van der Waals surface area contributed by atoms with Crippen molar-refractivity contribution in [1.82, 2.24) is 25.1 Å². The molecule has 0 aliphatic carbocycles. The first-order valence-corrected chi connectivity index (χ1v) is 7.72. The first-order chi connectivity index (χ1) is 11.0. The van der Waals surface area contributed by atoms with Crippen LogP contribution in [0.3, 0.4) is 0 Å². The number of rotatable bonds is 5. The van der Waals surface area contributed by atoms with Crippen LogP contribution in [0.4, 0.5) is 0 Å². The molecule has 8 heteroatoms. The van der Waals surface area contributed by atoms with E-state index >= 15 is 0 Å². The van der Waals surface area contributed by atoms with Crippen LogP contribution >= 0.6 is 0 Å². The number of carbonyl (C=O) groups excluding carboxylic acids is 1. The largest absolute Gasteiger partial charge is 0.361 e. The summed E-state index contributed by atoms with van der Waals surface area (Å²) in [6.07, 6.45) is 0.924. The second-order valence-electron chi connectivity index (χ2n) is 5.98. The Balaban J connectivity index is 1.61. The molecule has 1 atom stereocenters. The van der Waals surface area contributed by atoms with Crippen molar-refractivity contribution in [2.24, 2.45) is 0 Å². The fraction of sp³-hybridized carbons (Fsp3) is 0.600. The minimum absolute atomic E-state index is 0.0246. The maximum absolute atomic E-state index is 12.0. The zero-order valence-electron chi connectivity index (χ0n) is 13.7. The van der Waals surface area contributed by atoms with Gasteiger partial charge in [0, 0.05) is 45.6 Å². The van der Waals surface area contributed by atoms with Gasteiger partial charge >= 0.3 is 0 Å². The molecule has 0 radical (unpaired) electrons. The van der Waals surface area contributed by atoms with Crippen LogP contribution in [0.1, 0.15) is 36.5 Å². The van der Waals surface area contributed by atoms with E-state index in [1.165, 1.54) is 0 Å². The molecule has 2 aromatic heterocycles. The molecule has 3 rings (SSSR count). The predicted octanol–water partition coefficient (Wildman–Crippen LogP) is 1.30. The Morgan fingerprint density at radius 2 is 2.22 bits per heavy atom. The first kappa shape index (κ1) is 15.7. The Labute approximate surface area is 134 Å². The second kappa shape index (κ2) is 6.49. The van der Waals surface area contributed by atoms with E-state index in [4.69, 9.17) is 9.05 Å². The standard InChI is InChI=1S/C15H21N5O3/c1-10-6-13(17-22-10)7-19-5-4-14(8-19)20(12(3)21)9-15-16-11(2)23-18-15/h6,14H,4-5,7-9H2,1-3H3/t14-/m0/s1. The van der Waals surface area contributed by atoms with Gasteiger partial charge in [-0.15, -0.1) is 0 Å². The lowest BCUT2D eigenvalue weighted by Gasteiger charge is -2.26. The van der Waals surface area contributed by atoms with Gasteiger partial charge in [-0.1, -0.05) is 10.3 Å². The maximum Gasteiger partial charge on any atom is 0.223 e. The smallest absolute Gasteiger partial charge is 0.223 e. The van der Waals surface area contributed by atoms with Crippen molar-refractivity contribution in [2.75, 3.05) is 13.1 Å². The summed E-state index contributed by atoms with van der Waals surface area (Å²) in [7, 11) is 0. The monoisotopic (exact) mass is 319 g/mol. The Bertz CT molecular complexity index is 680. The van der Waals surface area contributed by atoms with E-state index in [0.29, 0.717) is 18.3 Å². The van der Waals surface area contributed by atoms with Crippen molar-refractivity contribution in [3.63, 3.8) is 0 Å². The van der Waals surface area contributed by atoms with E-state index < -0.39 is 0 Å². The molecule has 2 aromatic rings. The summed E-state index contributed by atoms with van der Waals surface area (Å²) < 4.78 is 10.1. The average Bonchev–Trinajstić information content (AvgIpc) is 3.19. The Morgan fingerprint density at radius 3 is 2.83 bits per heavy atom. The molecular formula is C15H21N5O3. The van der Waals surface area contributed by atoms with Gasteiger partial charge in [0.1, 0.15) is 5.76 Å². The Hall–Kier alpha value is -2.22. The van der Waals surface area contributed by atoms with Crippen LogP contribution < -0.4 is 0 Å². The van der Waals surface area contributed by atoms with Gasteiger partial charge in [0.25, 0.3) is 0 Å². The number of nitrogens with zero attached hydrogens (tertiary/aromatic N) is 5. The van der Waals surface area contributed by atoms with Gasteiger partial charge in [-0.05, 0) is 13.3 Å². The highest BCUT2D eigenvalue weighted by Gasteiger charge is 2.30. The highest BCUT2D eigenvalue weighted by molar-refractivity contribution is 5.73. The predicted molar refractivity (Wildman–Crippen MR) is 80.2 cm³/mol. The minimum Gasteiger partial charge on any atom is -0.361 e. The van der Waals surface area contributed by atoms with Gasteiger partial charge in [0.15, 0.2) is 5.82 Å². The molecule has 1 saturated heterocycles. The van der Waals surface area contributed by atoms with E-state index in [1.54, 1.807) is 13.8 Å². The molecule has 1 fully saturated rings. The molecule has 0 spiro atoms. The van der Waals surface area contributed by atoms with Crippen molar-refractivity contribution in [3.8, 4) is 0 Å². The highest BCUT2D eigenvalue weighted by Crippen LogP contribution is 2.20. The third-order valence-corrected chi connectivity index (χ3v) is 4.04. The quantitative estimate of drug-likeness (QED) is 0.820. The number of hydrogen-bond acceptors (Lipinski definition) is 7. The number of aryl methyl sites for hydroxylation is 2. The number of hydrogen-bond donors (Lipinski definition) is 0. The molecule has 23 heavy (non-hydrogen) atoms. The Morgan fingerprint density at radius 1 is 1.39 bits per heavy atom. The molecule has 1 aliphatic heterocycles. The third kappa shape index (κ3) is 3.76. The number of likely N-dealkylation sites (tertiary alicyclic amines) is 1. The zero-order valence-corrected chi connectivity index (χ0v) is 13.7. The van der Waals surface area contributed by atoms with Gasteiger partial charge in [-0.2, -0.15) is 4.98 Å². The molecule has 0 unspecified atom stereocenters. The fourth-order valence-electron chi connectivity index (χ4n) is 2.99. The molecule has 0 aromatic carbocycles. The van der Waals surface area contributed by atoms with Crippen LogP contribution in [0, 0.1) is 13.8 Å². The second-order valence-corrected chi connectivity index (χ2v) is 5.98. The van der Waals surface area contributed by atoms with Crippen LogP contribution in [0.15, 0.2) is 15.1 Å². The van der Waals surface area contributed by atoms with Crippen molar-refractivity contribution in [2.45, 2.75) is 46.3 Å². The fourth-order valence-corrected chi connectivity index (χ4v) is 2.99. The summed E-state index contributed by atoms with van der Waals surface area (Å²) in [6.45, 7) is 8.05. The van der Waals surface area contributed by atoms with Gasteiger partial charge in [-0.3, -0.25) is 9.69 Å². The molecule has 0 N–H and O–H groups in total. The van der Waals surface area contributed by atoms with Crippen LogP contribution in [-0.4, -0.2) is 50.1 Å². The lowest BCUT2D eigenvalue weighted by Crippen LogP contribution is -2.40. The van der Waals surface area contributed by atoms with Gasteiger partial charge in [-0.25, -0.2) is 0 Å². The third-order valence-electron chi connectivity index (χ3n) is 4.04. The summed E-state index contributed by atoms with van der Waals surface area (Å²) in [5, 5.41) is 7.91. The van der Waals surface area contributed by atoms with Crippen LogP contribution in [-0.2, 0) is 17.9 Å². The summed E-state index contributed by atoms with van der Waals surface area (Å²) >= 11 is 0. The van der Waals surface area contributed by atoms with Crippen molar-refractivity contribution in [1.29, 1.82) is 0 Å². The van der Waals surface area contributed by atoms with Crippen LogP contribution in [0.5, 0.6) is 0 Å². The van der Waals surface area contributed by atoms with E-state index in [9.17, 15) is 4.79 Å². The number of amides is 1. The minimum atomic E-state index is 0.0246. The van der Waals surface area contributed by atoms with Gasteiger partial charge < -0.3 is 13.9 Å². The molecule has 3 heterocycles. The van der Waals surface area contributed by atoms with Crippen molar-refractivity contribution >= 4 is 5.91 Å². The zero-order chi connectivity index (χ0) is 16.4. The molecule has 0 bridgehead atoms. The van der Waals surface area contributed by atoms with E-state index in [1.807, 2.05) is 17.9 Å². The van der Waals surface area contributed by atoms with Crippen LogP contribution in [0.2, 0.25) is 0 Å². The average molecular weight is 319 g/mol. The van der Waals surface area contributed by atoms with Crippen molar-refractivity contribution in [3.05, 3.63) is 29.2 Å². The van der Waals surface area contributed by atoms with Gasteiger partial charge in [0.05, 0.1) is 12.2 Å². The molecule has 0 saturated carbocycles. The summed E-state index contributed by atoms with van der Waals surface area (Å²) in [5.74, 6) is 1.89. The lowest BCUT2D eigenvalue weighted by atomic mass is 10.2. The van der Waals surface area contributed by atoms with Gasteiger partial charge in [0.2, 0.25) is 11.8 Å². The van der Waals surface area contributed by atoms with Crippen LogP contribution in [0.25, 0.3) is 0 Å². The summed E-state index contributed by atoms with van der Waals surface area (Å²) in [5.41, 5.74) is 0.923. The lowest BCUT2D eigenvalue weighted by molar-refractivity contribution is -0.131. The maximum atomic E-state index is 12.0. The molecule has 1 amide bonds. The summed E-state index contributed by atoms with van der Waals surface area (Å²) in [4.78, 5) is 20.3. The number of aromatic nitrogens is 3. The van der Waals surface area contributed by atoms with E-state index in [-0.39, 0.29) is 11.9 Å². The first-order valence-electron chi connectivity index (χ1n) is 7.72. The normalized spacial score (nSPS) is 18.5. The molecule has 1 aliphatic rings. The SMILES string of the molecule is CC(=O)N(Cc1noc(C)n1)[C@H]1CCN(Cc2cc(C)on2)C1. The van der Waals surface area contributed by atoms with E-state index in [0.717, 1.165) is 37.5 Å². The number of carbonyl (C=O) groups is 1. The van der Waals surface area contributed by atoms with Crippen molar-refractivity contribution < 1.29 is 13.8 Å². The molecule has 8 nitrogen and oxygen atoms in total. The molecule has 124 valence electrons. The molecular weight excluding hydrogens is 298 g/mol. The van der Waals surface area contributed by atoms with E-state index in [2.05, 4.69) is 20.2 Å². The topological polar surface area (TPSA) is 88.5 Å². The Kier molecular flexibility index (Phi) is 4.42.